The molecule has 6 heteroatoms. The molecule has 162 valence electrons. The average molecular weight is 447 g/mol. The number of halogens is 1. The molecule has 1 N–H and O–H groups in total. The summed E-state index contributed by atoms with van der Waals surface area (Å²) >= 11 is 7.63. The lowest BCUT2D eigenvalue weighted by Gasteiger charge is -2.29. The van der Waals surface area contributed by atoms with E-state index in [0.29, 0.717) is 19.5 Å². The van der Waals surface area contributed by atoms with Crippen LogP contribution in [-0.4, -0.2) is 35.1 Å². The molecule has 0 saturated heterocycles. The number of aryl methyl sites for hydroxylation is 1. The number of thioether (sulfide) groups is 1. The maximum atomic E-state index is 13.1. The molecule has 1 atom stereocenters. The summed E-state index contributed by atoms with van der Waals surface area (Å²) in [6.07, 6.45) is 2.03. The molecule has 0 aromatic heterocycles. The van der Waals surface area contributed by atoms with Gasteiger partial charge in [0.15, 0.2) is 0 Å². The predicted octanol–water partition coefficient (Wildman–Crippen LogP) is 5.46. The second kappa shape index (κ2) is 12.7. The minimum atomic E-state index is -0.507. The van der Waals surface area contributed by atoms with Gasteiger partial charge in [0.1, 0.15) is 6.04 Å². The smallest absolute Gasteiger partial charge is 0.242 e. The fraction of sp³-hybridized carbons (Fsp3) is 0.417. The number of rotatable bonds is 11. The Morgan fingerprint density at radius 2 is 1.83 bits per heavy atom. The van der Waals surface area contributed by atoms with Crippen LogP contribution >= 0.6 is 23.4 Å². The third-order valence-electron chi connectivity index (χ3n) is 4.94. The molecule has 0 unspecified atom stereocenters. The SMILES string of the molecule is CCCNC(=O)[C@@H](C)N(Cc1ccccc1C)C(=O)CCCSc1ccc(Cl)cc1. The van der Waals surface area contributed by atoms with Crippen LogP contribution in [0.25, 0.3) is 0 Å². The summed E-state index contributed by atoms with van der Waals surface area (Å²) in [5.74, 6) is 0.741. The summed E-state index contributed by atoms with van der Waals surface area (Å²) in [6, 6.07) is 15.2. The first-order valence-corrected chi connectivity index (χ1v) is 11.8. The van der Waals surface area contributed by atoms with Gasteiger partial charge in [-0.1, -0.05) is 42.8 Å². The lowest BCUT2D eigenvalue weighted by atomic mass is 10.1. The van der Waals surface area contributed by atoms with Gasteiger partial charge in [0.25, 0.3) is 0 Å². The van der Waals surface area contributed by atoms with Crippen LogP contribution in [0.2, 0.25) is 5.02 Å². The van der Waals surface area contributed by atoms with Crippen LogP contribution in [0.15, 0.2) is 53.4 Å². The van der Waals surface area contributed by atoms with Crippen molar-refractivity contribution in [2.75, 3.05) is 12.3 Å². The Labute approximate surface area is 189 Å². The number of carbonyl (C=O) groups is 2. The minimum absolute atomic E-state index is 0.00843. The topological polar surface area (TPSA) is 49.4 Å². The standard InChI is InChI=1S/C24H31ClN2O2S/c1-4-15-26-24(29)19(3)27(17-20-9-6-5-8-18(20)2)23(28)10-7-16-30-22-13-11-21(25)12-14-22/h5-6,8-9,11-14,19H,4,7,10,15-17H2,1-3H3,(H,26,29)/t19-/m1/s1. The van der Waals surface area contributed by atoms with E-state index in [-0.39, 0.29) is 11.8 Å². The largest absolute Gasteiger partial charge is 0.354 e. The zero-order valence-corrected chi connectivity index (χ0v) is 19.6. The van der Waals surface area contributed by atoms with Gasteiger partial charge in [-0.05, 0) is 67.8 Å². The molecule has 4 nitrogen and oxygen atoms in total. The van der Waals surface area contributed by atoms with Gasteiger partial charge in [0.05, 0.1) is 0 Å². The molecule has 0 fully saturated rings. The highest BCUT2D eigenvalue weighted by molar-refractivity contribution is 7.99. The molecule has 0 bridgehead atoms. The molecule has 0 radical (unpaired) electrons. The zero-order valence-electron chi connectivity index (χ0n) is 18.0. The van der Waals surface area contributed by atoms with Gasteiger partial charge in [-0.2, -0.15) is 0 Å². The van der Waals surface area contributed by atoms with Crippen molar-refractivity contribution in [3.63, 3.8) is 0 Å². The third-order valence-corrected chi connectivity index (χ3v) is 6.29. The van der Waals surface area contributed by atoms with Crippen molar-refractivity contribution in [2.45, 2.75) is 57.5 Å². The molecule has 0 aliphatic rings. The van der Waals surface area contributed by atoms with Crippen molar-refractivity contribution in [2.24, 2.45) is 0 Å². The van der Waals surface area contributed by atoms with Gasteiger partial charge in [-0.3, -0.25) is 9.59 Å². The molecular formula is C24H31ClN2O2S. The molecule has 2 rings (SSSR count). The van der Waals surface area contributed by atoms with E-state index in [1.807, 2.05) is 69.3 Å². The normalized spacial score (nSPS) is 11.7. The molecular weight excluding hydrogens is 416 g/mol. The number of amides is 2. The van der Waals surface area contributed by atoms with E-state index >= 15 is 0 Å². The summed E-state index contributed by atoms with van der Waals surface area (Å²) in [4.78, 5) is 28.4. The Hall–Kier alpha value is -1.98. The first-order chi connectivity index (χ1) is 14.4. The molecule has 2 amide bonds. The van der Waals surface area contributed by atoms with E-state index < -0.39 is 6.04 Å². The molecule has 0 spiro atoms. The third kappa shape index (κ3) is 7.69. The van der Waals surface area contributed by atoms with E-state index in [4.69, 9.17) is 11.6 Å². The van der Waals surface area contributed by atoms with Gasteiger partial charge in [0.2, 0.25) is 11.8 Å². The predicted molar refractivity (Wildman–Crippen MR) is 126 cm³/mol. The summed E-state index contributed by atoms with van der Waals surface area (Å²) in [5.41, 5.74) is 2.19. The van der Waals surface area contributed by atoms with Crippen LogP contribution in [0.4, 0.5) is 0 Å². The number of nitrogens with zero attached hydrogens (tertiary/aromatic N) is 1. The van der Waals surface area contributed by atoms with Crippen LogP contribution in [0.5, 0.6) is 0 Å². The second-order valence-corrected chi connectivity index (χ2v) is 8.93. The van der Waals surface area contributed by atoms with Crippen molar-refractivity contribution >= 4 is 35.2 Å². The fourth-order valence-electron chi connectivity index (χ4n) is 3.04. The molecule has 2 aromatic carbocycles. The summed E-state index contributed by atoms with van der Waals surface area (Å²) in [7, 11) is 0. The van der Waals surface area contributed by atoms with Crippen LogP contribution in [-0.2, 0) is 16.1 Å². The molecule has 30 heavy (non-hydrogen) atoms. The van der Waals surface area contributed by atoms with Gasteiger partial charge >= 0.3 is 0 Å². The van der Waals surface area contributed by atoms with Gasteiger partial charge < -0.3 is 10.2 Å². The Bertz CT molecular complexity index is 826. The monoisotopic (exact) mass is 446 g/mol. The summed E-state index contributed by atoms with van der Waals surface area (Å²) in [5, 5.41) is 3.63. The maximum absolute atomic E-state index is 13.1. The Morgan fingerprint density at radius 1 is 1.13 bits per heavy atom. The Kier molecular flexibility index (Phi) is 10.2. The molecule has 0 saturated carbocycles. The van der Waals surface area contributed by atoms with Crippen LogP contribution in [0.1, 0.15) is 44.2 Å². The second-order valence-electron chi connectivity index (χ2n) is 7.32. The number of nitrogens with one attached hydrogen (secondary N) is 1. The average Bonchev–Trinajstić information content (AvgIpc) is 2.75. The lowest BCUT2D eigenvalue weighted by Crippen LogP contribution is -2.47. The van der Waals surface area contributed by atoms with Crippen LogP contribution < -0.4 is 5.32 Å². The van der Waals surface area contributed by atoms with E-state index in [1.165, 1.54) is 0 Å². The van der Waals surface area contributed by atoms with Crippen molar-refractivity contribution in [3.8, 4) is 0 Å². The summed E-state index contributed by atoms with van der Waals surface area (Å²) < 4.78 is 0. The first kappa shape index (κ1) is 24.3. The number of hydrogen-bond donors (Lipinski definition) is 1. The van der Waals surface area contributed by atoms with Gasteiger partial charge in [-0.15, -0.1) is 11.8 Å². The fourth-order valence-corrected chi connectivity index (χ4v) is 4.02. The van der Waals surface area contributed by atoms with E-state index in [9.17, 15) is 9.59 Å². The van der Waals surface area contributed by atoms with Crippen molar-refractivity contribution in [1.82, 2.24) is 10.2 Å². The first-order valence-electron chi connectivity index (χ1n) is 10.4. The van der Waals surface area contributed by atoms with E-state index in [1.54, 1.807) is 16.7 Å². The van der Waals surface area contributed by atoms with Gasteiger partial charge in [0, 0.05) is 29.4 Å². The van der Waals surface area contributed by atoms with Crippen molar-refractivity contribution < 1.29 is 9.59 Å². The number of benzene rings is 2. The van der Waals surface area contributed by atoms with E-state index in [0.717, 1.165) is 39.6 Å². The molecule has 0 aliphatic carbocycles. The number of hydrogen-bond acceptors (Lipinski definition) is 3. The van der Waals surface area contributed by atoms with Crippen LogP contribution in [0.3, 0.4) is 0 Å². The maximum Gasteiger partial charge on any atom is 0.242 e. The number of carbonyl (C=O) groups excluding carboxylic acids is 2. The van der Waals surface area contributed by atoms with Gasteiger partial charge in [-0.25, -0.2) is 0 Å². The summed E-state index contributed by atoms with van der Waals surface area (Å²) in [6.45, 7) is 6.91. The lowest BCUT2D eigenvalue weighted by molar-refractivity contribution is -0.140. The quantitative estimate of drug-likeness (QED) is 0.368. The van der Waals surface area contributed by atoms with E-state index in [2.05, 4.69) is 5.32 Å². The Morgan fingerprint density at radius 3 is 2.50 bits per heavy atom. The zero-order chi connectivity index (χ0) is 21.9. The van der Waals surface area contributed by atoms with Crippen molar-refractivity contribution in [3.05, 3.63) is 64.7 Å². The molecule has 0 heterocycles. The van der Waals surface area contributed by atoms with Crippen LogP contribution in [0, 0.1) is 6.92 Å². The van der Waals surface area contributed by atoms with Crippen molar-refractivity contribution in [1.29, 1.82) is 0 Å². The highest BCUT2D eigenvalue weighted by Crippen LogP contribution is 2.22. The highest BCUT2D eigenvalue weighted by atomic mass is 35.5. The highest BCUT2D eigenvalue weighted by Gasteiger charge is 2.25. The molecule has 0 aliphatic heterocycles. The minimum Gasteiger partial charge on any atom is -0.354 e. The Balaban J connectivity index is 1.98. The molecule has 2 aromatic rings.